The van der Waals surface area contributed by atoms with Crippen LogP contribution >= 0.6 is 0 Å². The molecule has 0 aliphatic carbocycles. The highest BCUT2D eigenvalue weighted by molar-refractivity contribution is 6.10. The van der Waals surface area contributed by atoms with Gasteiger partial charge in [-0.15, -0.1) is 0 Å². The molecular formula is C26H25N3O2. The van der Waals surface area contributed by atoms with Crippen molar-refractivity contribution < 1.29 is 4.79 Å². The van der Waals surface area contributed by atoms with Crippen molar-refractivity contribution in [2.75, 3.05) is 5.73 Å². The fourth-order valence-corrected chi connectivity index (χ4v) is 4.10. The number of pyridine rings is 1. The van der Waals surface area contributed by atoms with Crippen LogP contribution in [0.25, 0.3) is 16.5 Å². The Bertz CT molecular complexity index is 1300. The van der Waals surface area contributed by atoms with Gasteiger partial charge in [0.15, 0.2) is 0 Å². The summed E-state index contributed by atoms with van der Waals surface area (Å²) in [5, 5.41) is 4.08. The van der Waals surface area contributed by atoms with Crippen LogP contribution in [0, 0.1) is 6.92 Å². The zero-order chi connectivity index (χ0) is 22.0. The first-order chi connectivity index (χ1) is 15.0. The topological polar surface area (TPSA) is 77.1 Å². The molecule has 156 valence electrons. The molecule has 1 amide bonds. The van der Waals surface area contributed by atoms with Gasteiger partial charge in [0.2, 0.25) is 0 Å². The number of carbonyl (C=O) groups is 1. The van der Waals surface area contributed by atoms with E-state index in [0.29, 0.717) is 33.4 Å². The number of fused-ring (bicyclic) bond motifs is 1. The first kappa shape index (κ1) is 20.4. The Labute approximate surface area is 181 Å². The van der Waals surface area contributed by atoms with E-state index in [1.165, 1.54) is 0 Å². The Morgan fingerprint density at radius 2 is 1.61 bits per heavy atom. The molecule has 0 unspecified atom stereocenters. The van der Waals surface area contributed by atoms with Crippen LogP contribution in [0.2, 0.25) is 0 Å². The van der Waals surface area contributed by atoms with E-state index in [4.69, 9.17) is 5.73 Å². The third-order valence-electron chi connectivity index (χ3n) is 5.64. The average Bonchev–Trinajstić information content (AvgIpc) is 2.78. The molecule has 0 saturated heterocycles. The zero-order valence-electron chi connectivity index (χ0n) is 17.6. The number of benzene rings is 3. The van der Waals surface area contributed by atoms with Crippen molar-refractivity contribution in [1.29, 1.82) is 0 Å². The second-order valence-corrected chi connectivity index (χ2v) is 7.55. The number of carbonyl (C=O) groups excluding carboxylic acids is 1. The quantitative estimate of drug-likeness (QED) is 0.465. The average molecular weight is 412 g/mol. The summed E-state index contributed by atoms with van der Waals surface area (Å²) in [5.41, 5.74) is 9.09. The molecule has 4 rings (SSSR count). The molecular weight excluding hydrogens is 386 g/mol. The van der Waals surface area contributed by atoms with Crippen LogP contribution in [-0.2, 0) is 0 Å². The highest BCUT2D eigenvalue weighted by atomic mass is 16.2. The van der Waals surface area contributed by atoms with Gasteiger partial charge in [0.05, 0.1) is 17.0 Å². The molecule has 0 aliphatic rings. The predicted molar refractivity (Wildman–Crippen MR) is 126 cm³/mol. The fraction of sp³-hybridized carbons (Fsp3) is 0.154. The maximum absolute atomic E-state index is 13.6. The van der Waals surface area contributed by atoms with Crippen LogP contribution in [0.1, 0.15) is 41.0 Å². The summed E-state index contributed by atoms with van der Waals surface area (Å²) in [6, 6.07) is 24.3. The first-order valence-corrected chi connectivity index (χ1v) is 10.4. The molecule has 5 heteroatoms. The predicted octanol–water partition coefficient (Wildman–Crippen LogP) is 4.76. The van der Waals surface area contributed by atoms with E-state index in [2.05, 4.69) is 5.32 Å². The number of nitrogens with one attached hydrogen (secondary N) is 1. The SMILES string of the molecule is CC[C@H](NC(=O)c1c(C)n(-c2ccccc2)c(=O)c2c(N)cccc12)c1ccccc1. The van der Waals surface area contributed by atoms with Gasteiger partial charge in [0.25, 0.3) is 11.5 Å². The lowest BCUT2D eigenvalue weighted by Gasteiger charge is -2.21. The summed E-state index contributed by atoms with van der Waals surface area (Å²) in [4.78, 5) is 27.0. The van der Waals surface area contributed by atoms with Gasteiger partial charge in [-0.2, -0.15) is 0 Å². The molecule has 3 N–H and O–H groups in total. The van der Waals surface area contributed by atoms with E-state index < -0.39 is 0 Å². The fourth-order valence-electron chi connectivity index (χ4n) is 4.10. The molecule has 3 aromatic carbocycles. The van der Waals surface area contributed by atoms with E-state index in [9.17, 15) is 9.59 Å². The summed E-state index contributed by atoms with van der Waals surface area (Å²) in [7, 11) is 0. The van der Waals surface area contributed by atoms with Crippen LogP contribution in [0.15, 0.2) is 83.7 Å². The van der Waals surface area contributed by atoms with Crippen molar-refractivity contribution in [2.24, 2.45) is 0 Å². The molecule has 1 heterocycles. The number of nitrogens with two attached hydrogens (primary N) is 1. The van der Waals surface area contributed by atoms with E-state index in [0.717, 1.165) is 12.0 Å². The van der Waals surface area contributed by atoms with Gasteiger partial charge >= 0.3 is 0 Å². The summed E-state index contributed by atoms with van der Waals surface area (Å²) in [6.45, 7) is 3.83. The number of aromatic nitrogens is 1. The summed E-state index contributed by atoms with van der Waals surface area (Å²) >= 11 is 0. The first-order valence-electron chi connectivity index (χ1n) is 10.4. The largest absolute Gasteiger partial charge is 0.398 e. The van der Waals surface area contributed by atoms with Crippen LogP contribution in [0.3, 0.4) is 0 Å². The van der Waals surface area contributed by atoms with Crippen molar-refractivity contribution in [3.8, 4) is 5.69 Å². The van der Waals surface area contributed by atoms with Crippen LogP contribution in [0.4, 0.5) is 5.69 Å². The van der Waals surface area contributed by atoms with Gasteiger partial charge in [-0.25, -0.2) is 0 Å². The normalized spacial score (nSPS) is 11.9. The Morgan fingerprint density at radius 1 is 0.968 bits per heavy atom. The van der Waals surface area contributed by atoms with Gasteiger partial charge < -0.3 is 11.1 Å². The third-order valence-corrected chi connectivity index (χ3v) is 5.64. The molecule has 0 aliphatic heterocycles. The molecule has 31 heavy (non-hydrogen) atoms. The maximum atomic E-state index is 13.6. The number of anilines is 1. The molecule has 4 aromatic rings. The van der Waals surface area contributed by atoms with Crippen molar-refractivity contribution in [3.63, 3.8) is 0 Å². The van der Waals surface area contributed by atoms with Crippen LogP contribution in [-0.4, -0.2) is 10.5 Å². The van der Waals surface area contributed by atoms with E-state index in [1.807, 2.05) is 67.6 Å². The molecule has 0 spiro atoms. The molecule has 1 atom stereocenters. The maximum Gasteiger partial charge on any atom is 0.265 e. The monoisotopic (exact) mass is 411 g/mol. The van der Waals surface area contributed by atoms with Gasteiger partial charge in [0, 0.05) is 22.5 Å². The Hall–Kier alpha value is -3.86. The van der Waals surface area contributed by atoms with Gasteiger partial charge in [-0.3, -0.25) is 14.2 Å². The Balaban J connectivity index is 1.92. The number of amides is 1. The molecule has 0 bridgehead atoms. The number of hydrogen-bond donors (Lipinski definition) is 2. The number of nitrogen functional groups attached to an aromatic ring is 1. The Kier molecular flexibility index (Phi) is 5.58. The number of para-hydroxylation sites is 1. The smallest absolute Gasteiger partial charge is 0.265 e. The Morgan fingerprint density at radius 3 is 2.26 bits per heavy atom. The van der Waals surface area contributed by atoms with Crippen molar-refractivity contribution >= 4 is 22.4 Å². The lowest BCUT2D eigenvalue weighted by atomic mass is 9.99. The minimum absolute atomic E-state index is 0.138. The van der Waals surface area contributed by atoms with Crippen LogP contribution in [0.5, 0.6) is 0 Å². The second-order valence-electron chi connectivity index (χ2n) is 7.55. The van der Waals surface area contributed by atoms with Gasteiger partial charge in [-0.1, -0.05) is 67.6 Å². The third kappa shape index (κ3) is 3.70. The number of nitrogens with zero attached hydrogens (tertiary/aromatic N) is 1. The standard InChI is InChI=1S/C26H25N3O2/c1-3-22(18-11-6-4-7-12-18)28-25(30)23-17(2)29(19-13-8-5-9-14-19)26(31)24-20(23)15-10-16-21(24)27/h4-16,22H,3,27H2,1-2H3,(H,28,30)/t22-/m0/s1. The summed E-state index contributed by atoms with van der Waals surface area (Å²) < 4.78 is 1.57. The van der Waals surface area contributed by atoms with Crippen molar-refractivity contribution in [3.05, 3.63) is 106 Å². The highest BCUT2D eigenvalue weighted by Crippen LogP contribution is 2.27. The number of hydrogen-bond acceptors (Lipinski definition) is 3. The van der Waals surface area contributed by atoms with E-state index in [1.54, 1.807) is 29.7 Å². The lowest BCUT2D eigenvalue weighted by Crippen LogP contribution is -2.32. The minimum Gasteiger partial charge on any atom is -0.398 e. The molecule has 0 saturated carbocycles. The van der Waals surface area contributed by atoms with Crippen LogP contribution < -0.4 is 16.6 Å². The van der Waals surface area contributed by atoms with Crippen molar-refractivity contribution in [1.82, 2.24) is 9.88 Å². The van der Waals surface area contributed by atoms with E-state index in [-0.39, 0.29) is 17.5 Å². The number of rotatable bonds is 5. The summed E-state index contributed by atoms with van der Waals surface area (Å²) in [6.07, 6.45) is 0.743. The molecule has 1 aromatic heterocycles. The molecule has 5 nitrogen and oxygen atoms in total. The van der Waals surface area contributed by atoms with Crippen molar-refractivity contribution in [2.45, 2.75) is 26.3 Å². The van der Waals surface area contributed by atoms with Gasteiger partial charge in [0.1, 0.15) is 0 Å². The van der Waals surface area contributed by atoms with Gasteiger partial charge in [-0.05, 0) is 37.1 Å². The molecule has 0 fully saturated rings. The minimum atomic E-state index is -0.233. The molecule has 0 radical (unpaired) electrons. The lowest BCUT2D eigenvalue weighted by molar-refractivity contribution is 0.0936. The van der Waals surface area contributed by atoms with E-state index >= 15 is 0 Å². The second kappa shape index (κ2) is 8.48. The zero-order valence-corrected chi connectivity index (χ0v) is 17.6. The highest BCUT2D eigenvalue weighted by Gasteiger charge is 2.23. The summed E-state index contributed by atoms with van der Waals surface area (Å²) in [5.74, 6) is -0.228.